The molecule has 100 valence electrons. The van der Waals surface area contributed by atoms with Gasteiger partial charge in [-0.25, -0.2) is 4.98 Å². The van der Waals surface area contributed by atoms with Gasteiger partial charge in [0.2, 0.25) is 0 Å². The van der Waals surface area contributed by atoms with Crippen molar-refractivity contribution in [2.75, 3.05) is 0 Å². The fourth-order valence-electron chi connectivity index (χ4n) is 2.79. The predicted molar refractivity (Wildman–Crippen MR) is 79.5 cm³/mol. The van der Waals surface area contributed by atoms with Crippen LogP contribution in [0.3, 0.4) is 0 Å². The lowest BCUT2D eigenvalue weighted by molar-refractivity contribution is 0.654. The zero-order chi connectivity index (χ0) is 13.5. The number of rotatable bonds is 1. The van der Waals surface area contributed by atoms with E-state index in [-0.39, 0.29) is 4.87 Å². The van der Waals surface area contributed by atoms with E-state index in [4.69, 9.17) is 0 Å². The molecule has 0 amide bonds. The van der Waals surface area contributed by atoms with Crippen molar-refractivity contribution in [2.24, 2.45) is 0 Å². The fourth-order valence-corrected chi connectivity index (χ4v) is 3.45. The highest BCUT2D eigenvalue weighted by molar-refractivity contribution is 7.12. The van der Waals surface area contributed by atoms with E-state index in [1.807, 2.05) is 10.6 Å². The molecule has 3 aliphatic rings. The Hall–Kier alpha value is -2.01. The Morgan fingerprint density at radius 1 is 1.40 bits per heavy atom. The molecule has 3 heterocycles. The molecule has 1 atom stereocenters. The van der Waals surface area contributed by atoms with Crippen LogP contribution in [0, 0.1) is 0 Å². The van der Waals surface area contributed by atoms with E-state index in [0.29, 0.717) is 11.7 Å². The highest BCUT2D eigenvalue weighted by atomic mass is 32.1. The van der Waals surface area contributed by atoms with Gasteiger partial charge in [-0.1, -0.05) is 23.5 Å². The SMILES string of the molecule is O=c1nc2n3ccc(C4C=CCCC4)cc3ncc-2s1. The summed E-state index contributed by atoms with van der Waals surface area (Å²) >= 11 is 1.14. The number of aromatic nitrogens is 3. The first kappa shape index (κ1) is 11.8. The number of nitrogens with zero attached hydrogens (tertiary/aromatic N) is 3. The quantitative estimate of drug-likeness (QED) is 0.645. The number of thiazole rings is 1. The Balaban J connectivity index is 1.89. The maximum Gasteiger partial charge on any atom is 0.329 e. The van der Waals surface area contributed by atoms with Crippen LogP contribution in [-0.4, -0.2) is 14.4 Å². The highest BCUT2D eigenvalue weighted by Gasteiger charge is 2.15. The van der Waals surface area contributed by atoms with Crippen LogP contribution in [0.2, 0.25) is 0 Å². The number of hydrogen-bond acceptors (Lipinski definition) is 4. The third-order valence-corrected chi connectivity index (χ3v) is 4.57. The Labute approximate surface area is 119 Å². The molecular formula is C15H13N3OS. The van der Waals surface area contributed by atoms with E-state index in [0.717, 1.165) is 21.9 Å². The van der Waals surface area contributed by atoms with Gasteiger partial charge in [-0.15, -0.1) is 0 Å². The molecular weight excluding hydrogens is 270 g/mol. The number of allylic oxidation sites excluding steroid dienone is 2. The minimum absolute atomic E-state index is 0.166. The van der Waals surface area contributed by atoms with Crippen LogP contribution in [-0.2, 0) is 0 Å². The number of fused-ring (bicyclic) bond motifs is 3. The smallest absolute Gasteiger partial charge is 0.285 e. The normalized spacial score (nSPS) is 18.9. The minimum atomic E-state index is -0.166. The molecule has 0 saturated carbocycles. The van der Waals surface area contributed by atoms with Crippen molar-refractivity contribution in [2.45, 2.75) is 25.2 Å². The van der Waals surface area contributed by atoms with Gasteiger partial charge in [-0.05, 0) is 37.0 Å². The van der Waals surface area contributed by atoms with Gasteiger partial charge in [0.15, 0.2) is 5.82 Å². The molecule has 1 aliphatic carbocycles. The lowest BCUT2D eigenvalue weighted by Gasteiger charge is -2.17. The van der Waals surface area contributed by atoms with Crippen LogP contribution in [0.1, 0.15) is 30.7 Å². The summed E-state index contributed by atoms with van der Waals surface area (Å²) in [6, 6.07) is 4.21. The van der Waals surface area contributed by atoms with Crippen molar-refractivity contribution >= 4 is 17.0 Å². The molecule has 4 nitrogen and oxygen atoms in total. The fraction of sp³-hybridized carbons (Fsp3) is 0.267. The molecule has 0 radical (unpaired) electrons. The second kappa shape index (κ2) is 4.52. The maximum atomic E-state index is 11.4. The highest BCUT2D eigenvalue weighted by Crippen LogP contribution is 2.29. The molecule has 0 fully saturated rings. The van der Waals surface area contributed by atoms with E-state index >= 15 is 0 Å². The Bertz CT molecular complexity index is 833. The van der Waals surface area contributed by atoms with Crippen molar-refractivity contribution in [1.29, 1.82) is 0 Å². The van der Waals surface area contributed by atoms with E-state index in [2.05, 4.69) is 34.3 Å². The third-order valence-electron chi connectivity index (χ3n) is 3.80. The molecule has 5 heteroatoms. The van der Waals surface area contributed by atoms with Gasteiger partial charge in [-0.2, -0.15) is 4.98 Å². The van der Waals surface area contributed by atoms with Crippen molar-refractivity contribution < 1.29 is 0 Å². The van der Waals surface area contributed by atoms with Gasteiger partial charge < -0.3 is 0 Å². The van der Waals surface area contributed by atoms with Crippen LogP contribution in [0.25, 0.3) is 16.3 Å². The van der Waals surface area contributed by atoms with Gasteiger partial charge in [-0.3, -0.25) is 9.20 Å². The van der Waals surface area contributed by atoms with E-state index < -0.39 is 0 Å². The Morgan fingerprint density at radius 3 is 3.20 bits per heavy atom. The molecule has 4 rings (SSSR count). The first-order valence-corrected chi connectivity index (χ1v) is 7.57. The number of hydrogen-bond donors (Lipinski definition) is 0. The molecule has 0 saturated heterocycles. The van der Waals surface area contributed by atoms with E-state index in [1.54, 1.807) is 6.20 Å². The first-order chi connectivity index (χ1) is 9.81. The van der Waals surface area contributed by atoms with E-state index in [9.17, 15) is 4.79 Å². The largest absolute Gasteiger partial charge is 0.329 e. The molecule has 0 bridgehead atoms. The molecule has 0 N–H and O–H groups in total. The summed E-state index contributed by atoms with van der Waals surface area (Å²) in [7, 11) is 0. The zero-order valence-electron chi connectivity index (χ0n) is 10.8. The van der Waals surface area contributed by atoms with Crippen molar-refractivity contribution in [3.8, 4) is 10.7 Å². The molecule has 0 spiro atoms. The van der Waals surface area contributed by atoms with Crippen LogP contribution in [0.15, 0.2) is 41.5 Å². The molecule has 1 aromatic rings. The molecule has 1 aromatic heterocycles. The summed E-state index contributed by atoms with van der Waals surface area (Å²) in [5.74, 6) is 1.19. The van der Waals surface area contributed by atoms with Gasteiger partial charge in [0.05, 0.1) is 11.1 Å². The Kier molecular flexibility index (Phi) is 2.67. The van der Waals surface area contributed by atoms with Crippen LogP contribution < -0.4 is 4.87 Å². The molecule has 0 aromatic carbocycles. The van der Waals surface area contributed by atoms with Crippen LogP contribution >= 0.6 is 11.3 Å². The van der Waals surface area contributed by atoms with Gasteiger partial charge in [0.25, 0.3) is 0 Å². The average molecular weight is 283 g/mol. The standard InChI is InChI=1S/C15H13N3OS/c19-15-17-14-12(20-15)9-16-13-8-11(6-7-18(13)14)10-4-2-1-3-5-10/h2,4,6-10H,1,3,5H2. The summed E-state index contributed by atoms with van der Waals surface area (Å²) in [5, 5.41) is 0. The molecule has 2 aliphatic heterocycles. The summed E-state index contributed by atoms with van der Waals surface area (Å²) in [4.78, 5) is 20.6. The summed E-state index contributed by atoms with van der Waals surface area (Å²) < 4.78 is 1.89. The molecule has 1 unspecified atom stereocenters. The summed E-state index contributed by atoms with van der Waals surface area (Å²) in [5.41, 5.74) is 2.13. The monoisotopic (exact) mass is 283 g/mol. The second-order valence-electron chi connectivity index (χ2n) is 5.08. The first-order valence-electron chi connectivity index (χ1n) is 6.76. The van der Waals surface area contributed by atoms with E-state index in [1.165, 1.54) is 24.8 Å². The summed E-state index contributed by atoms with van der Waals surface area (Å²) in [6.45, 7) is 0. The Morgan fingerprint density at radius 2 is 2.35 bits per heavy atom. The minimum Gasteiger partial charge on any atom is -0.285 e. The van der Waals surface area contributed by atoms with Crippen molar-refractivity contribution in [1.82, 2.24) is 14.4 Å². The zero-order valence-corrected chi connectivity index (χ0v) is 11.6. The van der Waals surface area contributed by atoms with Gasteiger partial charge >= 0.3 is 4.87 Å². The lowest BCUT2D eigenvalue weighted by atomic mass is 9.90. The predicted octanol–water partition coefficient (Wildman–Crippen LogP) is 3.08. The van der Waals surface area contributed by atoms with Crippen LogP contribution in [0.4, 0.5) is 0 Å². The average Bonchev–Trinajstić information content (AvgIpc) is 2.88. The number of pyridine rings is 1. The third kappa shape index (κ3) is 1.86. The van der Waals surface area contributed by atoms with Gasteiger partial charge in [0, 0.05) is 12.1 Å². The van der Waals surface area contributed by atoms with Gasteiger partial charge in [0.1, 0.15) is 5.65 Å². The molecule has 20 heavy (non-hydrogen) atoms. The van der Waals surface area contributed by atoms with Crippen molar-refractivity contribution in [3.05, 3.63) is 51.9 Å². The van der Waals surface area contributed by atoms with Crippen LogP contribution in [0.5, 0.6) is 0 Å². The maximum absolute atomic E-state index is 11.4. The topological polar surface area (TPSA) is 47.3 Å². The van der Waals surface area contributed by atoms with Crippen molar-refractivity contribution in [3.63, 3.8) is 0 Å². The second-order valence-corrected chi connectivity index (χ2v) is 6.07. The lowest BCUT2D eigenvalue weighted by Crippen LogP contribution is -2.04. The summed E-state index contributed by atoms with van der Waals surface area (Å²) in [6.07, 6.45) is 11.9.